The molecule has 2 nitrogen and oxygen atoms in total. The molecule has 1 aromatic carbocycles. The van der Waals surface area contributed by atoms with Gasteiger partial charge in [-0.25, -0.2) is 0 Å². The monoisotopic (exact) mass is 149 g/mol. The van der Waals surface area contributed by atoms with Crippen LogP contribution in [0.25, 0.3) is 5.70 Å². The van der Waals surface area contributed by atoms with E-state index in [0.717, 1.165) is 16.7 Å². The van der Waals surface area contributed by atoms with Crippen molar-refractivity contribution in [3.63, 3.8) is 0 Å². The van der Waals surface area contributed by atoms with Crippen LogP contribution in [0.5, 0.6) is 0 Å². The number of benzene rings is 1. The first-order valence-electron chi connectivity index (χ1n) is 3.55. The van der Waals surface area contributed by atoms with Crippen LogP contribution in [0, 0.1) is 5.21 Å². The molecule has 0 saturated carbocycles. The van der Waals surface area contributed by atoms with Gasteiger partial charge in [0.05, 0.1) is 0 Å². The van der Waals surface area contributed by atoms with E-state index in [1.165, 1.54) is 0 Å². The molecule has 0 atom stereocenters. The summed E-state index contributed by atoms with van der Waals surface area (Å²) in [5.41, 5.74) is 2.59. The van der Waals surface area contributed by atoms with Crippen molar-refractivity contribution >= 4 is 5.70 Å². The van der Waals surface area contributed by atoms with Gasteiger partial charge in [-0.15, -0.1) is 0 Å². The zero-order chi connectivity index (χ0) is 8.10. The van der Waals surface area contributed by atoms with Crippen LogP contribution >= 0.6 is 0 Å². The number of rotatable bonds is 2. The molecule has 1 aromatic rings. The molecular weight excluding hydrogens is 138 g/mol. The van der Waals surface area contributed by atoms with Crippen LogP contribution in [0.2, 0.25) is 0 Å². The SMILES string of the molecule is CC=C([NH2+][O-])c1ccccc1. The number of hydrogen-bond donors (Lipinski definition) is 1. The molecule has 0 amide bonds. The summed E-state index contributed by atoms with van der Waals surface area (Å²) in [7, 11) is 0. The normalized spacial score (nSPS) is 11.6. The third-order valence-corrected chi connectivity index (χ3v) is 1.55. The van der Waals surface area contributed by atoms with Gasteiger partial charge in [-0.2, -0.15) is 0 Å². The second-order valence-electron chi connectivity index (χ2n) is 2.23. The van der Waals surface area contributed by atoms with Crippen molar-refractivity contribution in [2.45, 2.75) is 6.92 Å². The average Bonchev–Trinajstić information content (AvgIpc) is 2.09. The smallest absolute Gasteiger partial charge is 0.132 e. The quantitative estimate of drug-likeness (QED) is 0.628. The van der Waals surface area contributed by atoms with Gasteiger partial charge in [0.1, 0.15) is 5.70 Å². The van der Waals surface area contributed by atoms with E-state index in [0.29, 0.717) is 0 Å². The van der Waals surface area contributed by atoms with Crippen molar-refractivity contribution in [1.29, 1.82) is 0 Å². The lowest BCUT2D eigenvalue weighted by Crippen LogP contribution is -2.73. The van der Waals surface area contributed by atoms with Crippen LogP contribution in [0.1, 0.15) is 12.5 Å². The molecule has 1 rings (SSSR count). The van der Waals surface area contributed by atoms with E-state index in [4.69, 9.17) is 0 Å². The fourth-order valence-electron chi connectivity index (χ4n) is 0.933. The van der Waals surface area contributed by atoms with Gasteiger partial charge in [-0.05, 0) is 25.1 Å². The van der Waals surface area contributed by atoms with Crippen LogP contribution in [0.15, 0.2) is 36.4 Å². The summed E-state index contributed by atoms with van der Waals surface area (Å²) in [4.78, 5) is 0. The molecule has 2 heteroatoms. The van der Waals surface area contributed by atoms with E-state index >= 15 is 0 Å². The molecule has 58 valence electrons. The van der Waals surface area contributed by atoms with E-state index in [1.807, 2.05) is 43.3 Å². The number of quaternary nitrogens is 1. The summed E-state index contributed by atoms with van der Waals surface area (Å²) >= 11 is 0. The molecule has 0 fully saturated rings. The predicted molar refractivity (Wildman–Crippen MR) is 45.4 cm³/mol. The maximum absolute atomic E-state index is 10.5. The zero-order valence-electron chi connectivity index (χ0n) is 6.45. The van der Waals surface area contributed by atoms with Crippen molar-refractivity contribution in [3.8, 4) is 0 Å². The van der Waals surface area contributed by atoms with Crippen molar-refractivity contribution in [1.82, 2.24) is 0 Å². The van der Waals surface area contributed by atoms with E-state index in [1.54, 1.807) is 0 Å². The van der Waals surface area contributed by atoms with Crippen molar-refractivity contribution in [3.05, 3.63) is 47.2 Å². The highest BCUT2D eigenvalue weighted by Gasteiger charge is 1.96. The second kappa shape index (κ2) is 3.91. The highest BCUT2D eigenvalue weighted by molar-refractivity contribution is 5.56. The first kappa shape index (κ1) is 7.98. The largest absolute Gasteiger partial charge is 0.630 e. The molecule has 0 aliphatic rings. The van der Waals surface area contributed by atoms with Crippen LogP contribution in [0.3, 0.4) is 0 Å². The lowest BCUT2D eigenvalue weighted by atomic mass is 10.1. The second-order valence-corrected chi connectivity index (χ2v) is 2.23. The lowest BCUT2D eigenvalue weighted by molar-refractivity contribution is -0.487. The van der Waals surface area contributed by atoms with Crippen molar-refractivity contribution in [2.75, 3.05) is 0 Å². The first-order valence-corrected chi connectivity index (χ1v) is 3.55. The molecule has 0 spiro atoms. The third-order valence-electron chi connectivity index (χ3n) is 1.55. The van der Waals surface area contributed by atoms with Crippen LogP contribution < -0.4 is 5.48 Å². The fraction of sp³-hybridized carbons (Fsp3) is 0.111. The van der Waals surface area contributed by atoms with Crippen molar-refractivity contribution < 1.29 is 5.48 Å². The maximum Gasteiger partial charge on any atom is 0.132 e. The van der Waals surface area contributed by atoms with Gasteiger partial charge in [0, 0.05) is 5.56 Å². The maximum atomic E-state index is 10.5. The molecule has 0 aromatic heterocycles. The Kier molecular flexibility index (Phi) is 2.83. The Morgan fingerprint density at radius 3 is 2.45 bits per heavy atom. The average molecular weight is 149 g/mol. The Balaban J connectivity index is 2.92. The fourth-order valence-corrected chi connectivity index (χ4v) is 0.933. The first-order chi connectivity index (χ1) is 5.38. The molecule has 0 unspecified atom stereocenters. The van der Waals surface area contributed by atoms with E-state index in [-0.39, 0.29) is 0 Å². The molecule has 0 heterocycles. The highest BCUT2D eigenvalue weighted by atomic mass is 16.5. The molecule has 0 saturated heterocycles. The number of hydroxylamine groups is 1. The van der Waals surface area contributed by atoms with Gasteiger partial charge in [0.25, 0.3) is 0 Å². The summed E-state index contributed by atoms with van der Waals surface area (Å²) < 4.78 is 0. The minimum absolute atomic E-state index is 0.741. The number of nitrogens with two attached hydrogens (primary N) is 1. The van der Waals surface area contributed by atoms with Crippen LogP contribution in [0.4, 0.5) is 0 Å². The van der Waals surface area contributed by atoms with E-state index in [9.17, 15) is 5.21 Å². The third kappa shape index (κ3) is 1.90. The van der Waals surface area contributed by atoms with Gasteiger partial charge in [0.2, 0.25) is 0 Å². The van der Waals surface area contributed by atoms with Gasteiger partial charge in [0.15, 0.2) is 0 Å². The summed E-state index contributed by atoms with van der Waals surface area (Å²) in [6.07, 6.45) is 1.81. The van der Waals surface area contributed by atoms with E-state index in [2.05, 4.69) is 0 Å². The molecule has 0 radical (unpaired) electrons. The summed E-state index contributed by atoms with van der Waals surface area (Å²) in [5.74, 6) is 0. The standard InChI is InChI=1S/C9H11NO/c1-2-9(10-11)8-6-4-3-5-7-8/h2-7H,10H2,1H3. The molecule has 0 aliphatic heterocycles. The lowest BCUT2D eigenvalue weighted by Gasteiger charge is -2.05. The summed E-state index contributed by atoms with van der Waals surface area (Å²) in [5, 5.41) is 10.5. The number of allylic oxidation sites excluding steroid dienone is 1. The van der Waals surface area contributed by atoms with Gasteiger partial charge >= 0.3 is 0 Å². The molecule has 11 heavy (non-hydrogen) atoms. The molecule has 2 N–H and O–H groups in total. The van der Waals surface area contributed by atoms with E-state index < -0.39 is 0 Å². The Bertz CT molecular complexity index is 241. The minimum Gasteiger partial charge on any atom is -0.630 e. The topological polar surface area (TPSA) is 39.7 Å². The summed E-state index contributed by atoms with van der Waals surface area (Å²) in [6, 6.07) is 9.61. The van der Waals surface area contributed by atoms with Crippen molar-refractivity contribution in [2.24, 2.45) is 0 Å². The molecule has 0 bridgehead atoms. The van der Waals surface area contributed by atoms with Crippen LogP contribution in [-0.4, -0.2) is 0 Å². The highest BCUT2D eigenvalue weighted by Crippen LogP contribution is 2.05. The molecular formula is C9H11NO. The van der Waals surface area contributed by atoms with Crippen LogP contribution in [-0.2, 0) is 0 Å². The van der Waals surface area contributed by atoms with Gasteiger partial charge < -0.3 is 10.7 Å². The Labute approximate surface area is 66.1 Å². The zero-order valence-corrected chi connectivity index (χ0v) is 6.45. The Morgan fingerprint density at radius 2 is 2.00 bits per heavy atom. The molecule has 0 aliphatic carbocycles. The van der Waals surface area contributed by atoms with Gasteiger partial charge in [-0.3, -0.25) is 0 Å². The number of hydrogen-bond acceptors (Lipinski definition) is 1. The predicted octanol–water partition coefficient (Wildman–Crippen LogP) is 1.11. The summed E-state index contributed by atoms with van der Waals surface area (Å²) in [6.45, 7) is 1.86. The minimum atomic E-state index is 0.741. The Morgan fingerprint density at radius 1 is 1.36 bits per heavy atom. The Hall–Kier alpha value is -1.12. The van der Waals surface area contributed by atoms with Gasteiger partial charge in [-0.1, -0.05) is 18.2 Å².